The first-order valence-corrected chi connectivity index (χ1v) is 10.8. The molecule has 0 aliphatic heterocycles. The Kier molecular flexibility index (Phi) is 8.21. The fourth-order valence-electron chi connectivity index (χ4n) is 2.56. The quantitative estimate of drug-likeness (QED) is 0.469. The molecular formula is C20H23ClN2O5S. The minimum atomic E-state index is -4.17. The molecule has 3 aromatic rings. The van der Waals surface area contributed by atoms with Gasteiger partial charge in [-0.2, -0.15) is 4.57 Å². The van der Waals surface area contributed by atoms with Crippen LogP contribution in [0.2, 0.25) is 5.02 Å². The van der Waals surface area contributed by atoms with E-state index in [1.165, 1.54) is 0 Å². The molecule has 0 spiro atoms. The molecule has 29 heavy (non-hydrogen) atoms. The van der Waals surface area contributed by atoms with E-state index in [1.807, 2.05) is 55.7 Å². The summed E-state index contributed by atoms with van der Waals surface area (Å²) in [6, 6.07) is 15.9. The van der Waals surface area contributed by atoms with Gasteiger partial charge >= 0.3 is 5.89 Å². The zero-order chi connectivity index (χ0) is 21.4. The van der Waals surface area contributed by atoms with E-state index in [-0.39, 0.29) is 0 Å². The first kappa shape index (κ1) is 22.9. The molecule has 0 saturated carbocycles. The zero-order valence-corrected chi connectivity index (χ0v) is 17.7. The largest absolute Gasteiger partial charge is 0.748 e. The fraction of sp³-hybridized carbons (Fsp3) is 0.250. The number of nitrogens with zero attached hydrogens (tertiary/aromatic N) is 2. The molecule has 9 heteroatoms. The highest BCUT2D eigenvalue weighted by Crippen LogP contribution is 2.20. The van der Waals surface area contributed by atoms with Crippen LogP contribution in [-0.4, -0.2) is 37.5 Å². The number of halogens is 1. The predicted octanol–water partition coefficient (Wildman–Crippen LogP) is 3.02. The molecule has 1 aromatic heterocycles. The maximum absolute atomic E-state index is 9.52. The average molecular weight is 439 g/mol. The van der Waals surface area contributed by atoms with Crippen LogP contribution in [-0.2, 0) is 16.7 Å². The number of para-hydroxylation sites is 1. The van der Waals surface area contributed by atoms with E-state index in [9.17, 15) is 13.0 Å². The van der Waals surface area contributed by atoms with E-state index in [2.05, 4.69) is 28.5 Å². The van der Waals surface area contributed by atoms with Crippen molar-refractivity contribution >= 4 is 44.6 Å². The van der Waals surface area contributed by atoms with Crippen molar-refractivity contribution in [1.82, 2.24) is 0 Å². The van der Waals surface area contributed by atoms with E-state index in [0.717, 1.165) is 29.2 Å². The van der Waals surface area contributed by atoms with Crippen molar-refractivity contribution in [3.63, 3.8) is 0 Å². The first-order chi connectivity index (χ1) is 13.7. The van der Waals surface area contributed by atoms with Crippen molar-refractivity contribution in [1.29, 1.82) is 0 Å². The molecule has 0 aliphatic carbocycles. The molecule has 1 N–H and O–H groups in total. The van der Waals surface area contributed by atoms with Crippen LogP contribution in [0.15, 0.2) is 59.1 Å². The molecule has 1 heterocycles. The average Bonchev–Trinajstić information content (AvgIpc) is 3.03. The third-order valence-corrected chi connectivity index (χ3v) is 4.87. The lowest BCUT2D eigenvalue weighted by Gasteiger charge is -2.12. The van der Waals surface area contributed by atoms with Crippen molar-refractivity contribution in [3.05, 3.63) is 65.6 Å². The summed E-state index contributed by atoms with van der Waals surface area (Å²) in [6.07, 6.45) is 3.98. The van der Waals surface area contributed by atoms with E-state index in [1.54, 1.807) is 0 Å². The summed E-state index contributed by atoms with van der Waals surface area (Å²) in [6.45, 7) is 2.32. The molecule has 2 aromatic carbocycles. The normalized spacial score (nSPS) is 11.5. The number of aryl methyl sites for hydroxylation is 1. The fourth-order valence-corrected chi connectivity index (χ4v) is 2.95. The van der Waals surface area contributed by atoms with Crippen LogP contribution in [0.1, 0.15) is 12.8 Å². The maximum Gasteiger partial charge on any atom is 0.375 e. The van der Waals surface area contributed by atoms with E-state index < -0.39 is 22.5 Å². The highest BCUT2D eigenvalue weighted by Gasteiger charge is 2.19. The van der Waals surface area contributed by atoms with Gasteiger partial charge in [0.25, 0.3) is 5.52 Å². The summed E-state index contributed by atoms with van der Waals surface area (Å²) in [5.74, 6) is 0.120. The third kappa shape index (κ3) is 6.86. The standard InChI is InChI=1S/C18H18ClN2O.C2H6O4S/c1-3-21-16-13-14(19)9-10-17(16)22-18(21)11-12-20(2)15-7-5-4-6-8-15;3-1-2-7(4,5)6/h4-13H,3H2,1-2H3;3H,1-2H2,(H,4,5,6)/q+1;/p-1. The van der Waals surface area contributed by atoms with Crippen LogP contribution in [0.5, 0.6) is 0 Å². The first-order valence-electron chi connectivity index (χ1n) is 8.87. The van der Waals surface area contributed by atoms with Gasteiger partial charge in [0.05, 0.1) is 28.6 Å². The Labute approximate surface area is 175 Å². The Morgan fingerprint density at radius 2 is 1.93 bits per heavy atom. The number of rotatable bonds is 6. The van der Waals surface area contributed by atoms with Gasteiger partial charge in [-0.25, -0.2) is 8.42 Å². The van der Waals surface area contributed by atoms with E-state index in [4.69, 9.17) is 21.1 Å². The number of oxazole rings is 1. The molecule has 156 valence electrons. The molecule has 0 unspecified atom stereocenters. The molecule has 7 nitrogen and oxygen atoms in total. The molecule has 0 fully saturated rings. The van der Waals surface area contributed by atoms with E-state index in [0.29, 0.717) is 5.02 Å². The van der Waals surface area contributed by atoms with Gasteiger partial charge in [0.15, 0.2) is 0 Å². The number of aliphatic hydroxyl groups is 1. The van der Waals surface area contributed by atoms with Crippen LogP contribution in [0.25, 0.3) is 17.2 Å². The van der Waals surface area contributed by atoms with Crippen molar-refractivity contribution in [2.75, 3.05) is 24.3 Å². The lowest BCUT2D eigenvalue weighted by atomic mass is 10.3. The topological polar surface area (TPSA) is 97.7 Å². The van der Waals surface area contributed by atoms with Crippen molar-refractivity contribution < 1.29 is 27.1 Å². The number of fused-ring (bicyclic) bond motifs is 1. The number of hydrogen-bond donors (Lipinski definition) is 1. The van der Waals surface area contributed by atoms with Crippen molar-refractivity contribution in [3.8, 4) is 0 Å². The Balaban J connectivity index is 0.000000370. The number of aliphatic hydroxyl groups excluding tert-OH is 1. The van der Waals surface area contributed by atoms with Gasteiger partial charge in [-0.1, -0.05) is 29.8 Å². The highest BCUT2D eigenvalue weighted by atomic mass is 35.5. The van der Waals surface area contributed by atoms with Gasteiger partial charge in [0.1, 0.15) is 6.54 Å². The molecule has 0 aliphatic rings. The lowest BCUT2D eigenvalue weighted by Crippen LogP contribution is -2.33. The molecule has 3 rings (SSSR count). The van der Waals surface area contributed by atoms with Gasteiger partial charge in [-0.3, -0.25) is 0 Å². The van der Waals surface area contributed by atoms with Crippen LogP contribution in [0.4, 0.5) is 5.69 Å². The molecule has 0 bridgehead atoms. The summed E-state index contributed by atoms with van der Waals surface area (Å²) in [4.78, 5) is 2.06. The minimum Gasteiger partial charge on any atom is -0.748 e. The lowest BCUT2D eigenvalue weighted by molar-refractivity contribution is -0.674. The summed E-state index contributed by atoms with van der Waals surface area (Å²) in [5, 5.41) is 8.54. The molecule has 0 atom stereocenters. The van der Waals surface area contributed by atoms with E-state index >= 15 is 0 Å². The molecule has 0 saturated heterocycles. The van der Waals surface area contributed by atoms with Crippen LogP contribution >= 0.6 is 11.6 Å². The third-order valence-electron chi connectivity index (χ3n) is 3.95. The summed E-state index contributed by atoms with van der Waals surface area (Å²) in [5.41, 5.74) is 2.98. The van der Waals surface area contributed by atoms with Gasteiger partial charge < -0.3 is 19.0 Å². The number of anilines is 1. The highest BCUT2D eigenvalue weighted by molar-refractivity contribution is 7.85. The second-order valence-corrected chi connectivity index (χ2v) is 8.00. The van der Waals surface area contributed by atoms with Gasteiger partial charge in [0, 0.05) is 30.0 Å². The minimum absolute atomic E-state index is 0.591. The van der Waals surface area contributed by atoms with Crippen molar-refractivity contribution in [2.24, 2.45) is 0 Å². The van der Waals surface area contributed by atoms with Gasteiger partial charge in [-0.15, -0.1) is 0 Å². The second kappa shape index (κ2) is 10.4. The molecular weight excluding hydrogens is 416 g/mol. The number of benzene rings is 2. The summed E-state index contributed by atoms with van der Waals surface area (Å²) < 4.78 is 36.6. The smallest absolute Gasteiger partial charge is 0.375 e. The Bertz CT molecular complexity index is 1070. The second-order valence-electron chi connectivity index (χ2n) is 6.04. The van der Waals surface area contributed by atoms with Gasteiger partial charge in [0.2, 0.25) is 5.58 Å². The van der Waals surface area contributed by atoms with Crippen molar-refractivity contribution in [2.45, 2.75) is 13.5 Å². The molecule has 0 radical (unpaired) electrons. The number of hydrogen-bond acceptors (Lipinski definition) is 6. The Morgan fingerprint density at radius 3 is 2.48 bits per heavy atom. The predicted molar refractivity (Wildman–Crippen MR) is 113 cm³/mol. The number of aromatic nitrogens is 1. The monoisotopic (exact) mass is 438 g/mol. The van der Waals surface area contributed by atoms with Crippen LogP contribution in [0.3, 0.4) is 0 Å². The Morgan fingerprint density at radius 1 is 1.24 bits per heavy atom. The molecule has 0 amide bonds. The van der Waals surface area contributed by atoms with Gasteiger partial charge in [-0.05, 0) is 31.2 Å². The zero-order valence-electron chi connectivity index (χ0n) is 16.2. The van der Waals surface area contributed by atoms with Crippen LogP contribution < -0.4 is 9.47 Å². The maximum atomic E-state index is 9.52. The summed E-state index contributed by atoms with van der Waals surface area (Å²) >= 11 is 6.08. The summed E-state index contributed by atoms with van der Waals surface area (Å²) in [7, 11) is -2.16. The van der Waals surface area contributed by atoms with Crippen LogP contribution in [0, 0.1) is 0 Å². The SMILES string of the molecule is CC[n+]1c(/C=C/N(C)c2ccccc2)oc2ccc(Cl)cc21.O=S(=O)([O-])CCO. The Hall–Kier alpha value is -2.39.